The molecule has 0 amide bonds. The zero-order valence-electron chi connectivity index (χ0n) is 23.8. The molecule has 0 radical (unpaired) electrons. The van der Waals surface area contributed by atoms with Crippen LogP contribution in [0.25, 0.3) is 30.9 Å². The second-order valence-corrected chi connectivity index (χ2v) is 12.9. The van der Waals surface area contributed by atoms with Crippen LogP contribution in [0.4, 0.5) is 0 Å². The lowest BCUT2D eigenvalue weighted by Gasteiger charge is -2.32. The highest BCUT2D eigenvalue weighted by Crippen LogP contribution is 2.39. The van der Waals surface area contributed by atoms with Crippen molar-refractivity contribution in [3.05, 3.63) is 0 Å². The second kappa shape index (κ2) is 7.85. The minimum Gasteiger partial charge on any atom is -0.399 e. The number of rotatable bonds is 1. The van der Waals surface area contributed by atoms with Crippen LogP contribution in [0.15, 0.2) is 0 Å². The Balaban J connectivity index is 2.02. The third kappa shape index (κ3) is 3.23. The predicted molar refractivity (Wildman–Crippen MR) is 186 cm³/mol. The van der Waals surface area contributed by atoms with Crippen LogP contribution in [0.3, 0.4) is 0 Å². The summed E-state index contributed by atoms with van der Waals surface area (Å²) >= 11 is 1.94. The highest BCUT2D eigenvalue weighted by molar-refractivity contribution is 7.29. The first kappa shape index (κ1) is 25.4. The average Bonchev–Trinajstić information content (AvgIpc) is 3.25. The number of fused-ring (bicyclic) bond motifs is 5. The Morgan fingerprint density at radius 1 is 0.486 bits per heavy atom. The van der Waals surface area contributed by atoms with Gasteiger partial charge in [-0.1, -0.05) is 32.8 Å². The first-order valence-corrected chi connectivity index (χ1v) is 13.6. The van der Waals surface area contributed by atoms with Gasteiger partial charge in [-0.05, 0) is 54.7 Å². The SMILES string of the molecule is Bc1c(B)c(B)c2c(sc3c4c(B)c(B)c(B)c(B)c4c(B)c(B)c32)c1B1OC(C)(C)C(C)(C)O1. The molecule has 0 atom stereocenters. The molecule has 3 aromatic carbocycles. The Morgan fingerprint density at radius 2 is 0.829 bits per heavy atom. The maximum absolute atomic E-state index is 6.63. The van der Waals surface area contributed by atoms with E-state index >= 15 is 0 Å². The van der Waals surface area contributed by atoms with Crippen LogP contribution in [0.2, 0.25) is 0 Å². The predicted octanol–water partition coefficient (Wildman–Crippen LogP) is -10.2. The Hall–Kier alpha value is -1.29. The minimum absolute atomic E-state index is 0.366. The maximum atomic E-state index is 6.63. The van der Waals surface area contributed by atoms with Gasteiger partial charge in [-0.15, -0.1) is 27.7 Å². The number of thiophene rings is 1. The van der Waals surface area contributed by atoms with E-state index < -0.39 is 0 Å². The van der Waals surface area contributed by atoms with E-state index in [1.54, 1.807) is 0 Å². The lowest BCUT2D eigenvalue weighted by Crippen LogP contribution is -2.54. The molecular formula is C22H30B10O2S. The van der Waals surface area contributed by atoms with Gasteiger partial charge in [0.2, 0.25) is 0 Å². The highest BCUT2D eigenvalue weighted by Gasteiger charge is 2.52. The molecule has 0 N–H and O–H groups in total. The van der Waals surface area contributed by atoms with Crippen molar-refractivity contribution in [2.24, 2.45) is 0 Å². The summed E-state index contributed by atoms with van der Waals surface area (Å²) in [5.41, 5.74) is 12.9. The lowest BCUT2D eigenvalue weighted by atomic mass is 9.60. The molecule has 4 aromatic rings. The molecule has 2 nitrogen and oxygen atoms in total. The molecule has 0 bridgehead atoms. The smallest absolute Gasteiger partial charge is 0.399 e. The molecule has 13 heteroatoms. The van der Waals surface area contributed by atoms with Gasteiger partial charge in [0.15, 0.2) is 0 Å². The van der Waals surface area contributed by atoms with E-state index in [1.165, 1.54) is 85.6 Å². The van der Waals surface area contributed by atoms with Crippen LogP contribution in [0.5, 0.6) is 0 Å². The molecule has 1 aliphatic rings. The Labute approximate surface area is 222 Å². The molecule has 0 saturated carbocycles. The standard InChI is InChI=1S/C22H30B10O2S/c1-21(2)22(3,4)34-32(33-21)18-17(31)16(30)13(27)8-7-11(25)9(23)5-6(19(7)35-20(8)18)12(26)15(29)14(28)10(5)24/h23-31H2,1-4H3. The van der Waals surface area contributed by atoms with Crippen LogP contribution in [-0.2, 0) is 9.31 Å². The van der Waals surface area contributed by atoms with Crippen LogP contribution >= 0.6 is 11.3 Å². The molecule has 5 rings (SSSR count). The quantitative estimate of drug-likeness (QED) is 0.260. The summed E-state index contributed by atoms with van der Waals surface area (Å²) in [4.78, 5) is 0. The van der Waals surface area contributed by atoms with Crippen molar-refractivity contribution in [3.63, 3.8) is 0 Å². The second-order valence-electron chi connectivity index (χ2n) is 11.9. The van der Waals surface area contributed by atoms with Gasteiger partial charge in [0, 0.05) is 9.40 Å². The molecule has 1 aromatic heterocycles. The first-order valence-electron chi connectivity index (χ1n) is 12.8. The Bertz CT molecular complexity index is 1590. The summed E-state index contributed by atoms with van der Waals surface area (Å²) in [6.07, 6.45) is 0. The zero-order chi connectivity index (χ0) is 25.9. The van der Waals surface area contributed by atoms with Gasteiger partial charge in [0.1, 0.15) is 70.6 Å². The summed E-state index contributed by atoms with van der Waals surface area (Å²) in [5, 5.41) is 5.67. The minimum atomic E-state index is -0.368. The van der Waals surface area contributed by atoms with Crippen LogP contribution < -0.4 is 54.6 Å². The summed E-state index contributed by atoms with van der Waals surface area (Å²) in [7, 11) is 20.2. The number of hydrogen-bond donors (Lipinski definition) is 0. The van der Waals surface area contributed by atoms with Crippen LogP contribution in [-0.4, -0.2) is 88.9 Å². The molecule has 0 unspecified atom stereocenters. The van der Waals surface area contributed by atoms with Crippen molar-refractivity contribution in [2.45, 2.75) is 38.9 Å². The molecule has 166 valence electrons. The third-order valence-electron chi connectivity index (χ3n) is 9.77. The van der Waals surface area contributed by atoms with E-state index in [4.69, 9.17) is 9.31 Å². The van der Waals surface area contributed by atoms with Crippen molar-refractivity contribution in [3.8, 4) is 0 Å². The van der Waals surface area contributed by atoms with E-state index in [9.17, 15) is 0 Å². The van der Waals surface area contributed by atoms with E-state index in [0.29, 0.717) is 0 Å². The van der Waals surface area contributed by atoms with Gasteiger partial charge in [0.05, 0.1) is 11.2 Å². The molecule has 0 aliphatic carbocycles. The zero-order valence-corrected chi connectivity index (χ0v) is 24.6. The third-order valence-corrected chi connectivity index (χ3v) is 11.0. The fourth-order valence-corrected chi connectivity index (χ4v) is 7.67. The Kier molecular flexibility index (Phi) is 5.69. The molecule has 1 aliphatic heterocycles. The Morgan fingerprint density at radius 3 is 1.34 bits per heavy atom. The first-order chi connectivity index (χ1) is 16.1. The fraction of sp³-hybridized carbons (Fsp3) is 0.273. The van der Waals surface area contributed by atoms with E-state index in [0.717, 1.165) is 0 Å². The fourth-order valence-electron chi connectivity index (χ4n) is 6.04. The number of benzene rings is 3. The lowest BCUT2D eigenvalue weighted by molar-refractivity contribution is 0.00578. The topological polar surface area (TPSA) is 18.5 Å². The van der Waals surface area contributed by atoms with Crippen molar-refractivity contribution >= 4 is 175 Å². The summed E-state index contributed by atoms with van der Waals surface area (Å²) in [6.45, 7) is 8.57. The highest BCUT2D eigenvalue weighted by atomic mass is 32.1. The van der Waals surface area contributed by atoms with Crippen LogP contribution in [0, 0.1) is 0 Å². The summed E-state index contributed by atoms with van der Waals surface area (Å²) in [6, 6.07) is 0. The van der Waals surface area contributed by atoms with Gasteiger partial charge < -0.3 is 9.31 Å². The normalized spacial score (nSPS) is 17.2. The van der Waals surface area contributed by atoms with Crippen molar-refractivity contribution in [1.29, 1.82) is 0 Å². The monoisotopic (exact) mass is 468 g/mol. The van der Waals surface area contributed by atoms with Crippen molar-refractivity contribution in [2.75, 3.05) is 0 Å². The van der Waals surface area contributed by atoms with Gasteiger partial charge >= 0.3 is 7.12 Å². The molecule has 35 heavy (non-hydrogen) atoms. The summed E-state index contributed by atoms with van der Waals surface area (Å²) in [5.74, 6) is 0. The molecule has 2 heterocycles. The molecular weight excluding hydrogens is 436 g/mol. The number of hydrogen-bond acceptors (Lipinski definition) is 3. The van der Waals surface area contributed by atoms with Gasteiger partial charge in [-0.3, -0.25) is 0 Å². The summed E-state index contributed by atoms with van der Waals surface area (Å²) < 4.78 is 16.0. The molecule has 1 fully saturated rings. The van der Waals surface area contributed by atoms with Gasteiger partial charge in [-0.2, -0.15) is 0 Å². The van der Waals surface area contributed by atoms with E-state index in [2.05, 4.69) is 98.3 Å². The van der Waals surface area contributed by atoms with Crippen LogP contribution in [0.1, 0.15) is 27.7 Å². The van der Waals surface area contributed by atoms with Gasteiger partial charge in [-0.25, -0.2) is 0 Å². The maximum Gasteiger partial charge on any atom is 0.495 e. The van der Waals surface area contributed by atoms with Crippen molar-refractivity contribution < 1.29 is 9.31 Å². The van der Waals surface area contributed by atoms with Gasteiger partial charge in [0.25, 0.3) is 0 Å². The van der Waals surface area contributed by atoms with E-state index in [-0.39, 0.29) is 18.3 Å². The molecule has 0 spiro atoms. The molecule has 1 saturated heterocycles. The average molecular weight is 467 g/mol. The van der Waals surface area contributed by atoms with E-state index in [1.807, 2.05) is 11.3 Å². The largest absolute Gasteiger partial charge is 0.495 e. The van der Waals surface area contributed by atoms with Crippen molar-refractivity contribution in [1.82, 2.24) is 0 Å².